The number of ether oxygens (including phenoxy) is 3. The van der Waals surface area contributed by atoms with Crippen LogP contribution in [0.4, 0.5) is 0 Å². The fourth-order valence-electron chi connectivity index (χ4n) is 6.52. The molecule has 0 aliphatic heterocycles. The Labute approximate surface area is 320 Å². The third kappa shape index (κ3) is 33.9. The first kappa shape index (κ1) is 50.1. The maximum Gasteiger partial charge on any atom is 0.362 e. The van der Waals surface area contributed by atoms with Gasteiger partial charge in [0, 0.05) is 19.3 Å². The van der Waals surface area contributed by atoms with Crippen LogP contribution in [0, 0.1) is 0 Å². The van der Waals surface area contributed by atoms with Crippen molar-refractivity contribution in [2.24, 2.45) is 0 Å². The van der Waals surface area contributed by atoms with Crippen LogP contribution in [0.5, 0.6) is 0 Å². The molecule has 0 aliphatic rings. The Morgan fingerprint density at radius 2 is 1.00 bits per heavy atom. The van der Waals surface area contributed by atoms with Gasteiger partial charge in [-0.1, -0.05) is 167 Å². The SMILES string of the molecule is CCCCC/C=C/CCC(=O)OCC(COCCC(C(=O)O)[N+](C)(C)C)OC(=O)CCCCCCCCCCCCCCCCCCCCCCC. The summed E-state index contributed by atoms with van der Waals surface area (Å²) in [4.78, 5) is 36.7. The van der Waals surface area contributed by atoms with Gasteiger partial charge in [0.25, 0.3) is 0 Å². The summed E-state index contributed by atoms with van der Waals surface area (Å²) in [6.07, 6.45) is 37.2. The molecular weight excluding hydrogens is 654 g/mol. The number of quaternary nitrogens is 1. The van der Waals surface area contributed by atoms with Crippen molar-refractivity contribution in [2.45, 2.75) is 212 Å². The molecule has 2 atom stereocenters. The summed E-state index contributed by atoms with van der Waals surface area (Å²) >= 11 is 0. The van der Waals surface area contributed by atoms with E-state index in [1.54, 1.807) is 0 Å². The molecule has 0 radical (unpaired) electrons. The molecule has 0 bridgehead atoms. The molecule has 0 heterocycles. The first-order chi connectivity index (χ1) is 25.1. The number of hydrogen-bond donors (Lipinski definition) is 1. The number of hydrogen-bond acceptors (Lipinski definition) is 6. The molecule has 0 amide bonds. The molecule has 0 aromatic rings. The zero-order valence-corrected chi connectivity index (χ0v) is 34.8. The van der Waals surface area contributed by atoms with Crippen molar-refractivity contribution in [3.8, 4) is 0 Å². The molecule has 0 saturated carbocycles. The third-order valence-corrected chi connectivity index (χ3v) is 9.93. The van der Waals surface area contributed by atoms with Crippen LogP contribution in [0.2, 0.25) is 0 Å². The van der Waals surface area contributed by atoms with Gasteiger partial charge in [0.05, 0.1) is 34.4 Å². The topological polar surface area (TPSA) is 99.1 Å². The Hall–Kier alpha value is -1.93. The summed E-state index contributed by atoms with van der Waals surface area (Å²) in [7, 11) is 5.51. The maximum absolute atomic E-state index is 12.7. The Kier molecular flexibility index (Phi) is 34.7. The van der Waals surface area contributed by atoms with E-state index in [9.17, 15) is 19.5 Å². The number of esters is 2. The van der Waals surface area contributed by atoms with Gasteiger partial charge in [0.15, 0.2) is 12.1 Å². The molecule has 2 unspecified atom stereocenters. The normalized spacial score (nSPS) is 13.0. The minimum atomic E-state index is -0.877. The third-order valence-electron chi connectivity index (χ3n) is 9.93. The van der Waals surface area contributed by atoms with Gasteiger partial charge in [-0.25, -0.2) is 4.79 Å². The zero-order valence-electron chi connectivity index (χ0n) is 34.8. The molecule has 0 aliphatic carbocycles. The van der Waals surface area contributed by atoms with Gasteiger partial charge < -0.3 is 23.8 Å². The van der Waals surface area contributed by atoms with Gasteiger partial charge in [-0.3, -0.25) is 9.59 Å². The van der Waals surface area contributed by atoms with Crippen LogP contribution in [-0.4, -0.2) is 80.6 Å². The van der Waals surface area contributed by atoms with Crippen LogP contribution >= 0.6 is 0 Å². The molecule has 0 fully saturated rings. The summed E-state index contributed by atoms with van der Waals surface area (Å²) in [5, 5.41) is 9.58. The van der Waals surface area contributed by atoms with Crippen molar-refractivity contribution in [1.82, 2.24) is 0 Å². The second-order valence-corrected chi connectivity index (χ2v) is 16.0. The second-order valence-electron chi connectivity index (χ2n) is 16.0. The van der Waals surface area contributed by atoms with Crippen molar-refractivity contribution in [3.05, 3.63) is 12.2 Å². The predicted molar refractivity (Wildman–Crippen MR) is 215 cm³/mol. The molecule has 52 heavy (non-hydrogen) atoms. The van der Waals surface area contributed by atoms with Crippen LogP contribution in [0.15, 0.2) is 12.2 Å². The van der Waals surface area contributed by atoms with E-state index in [1.165, 1.54) is 128 Å². The Bertz CT molecular complexity index is 869. The molecule has 8 heteroatoms. The van der Waals surface area contributed by atoms with E-state index in [4.69, 9.17) is 14.2 Å². The van der Waals surface area contributed by atoms with Crippen LogP contribution in [0.3, 0.4) is 0 Å². The quantitative estimate of drug-likeness (QED) is 0.0290. The lowest BCUT2D eigenvalue weighted by Gasteiger charge is -2.31. The van der Waals surface area contributed by atoms with E-state index in [-0.39, 0.29) is 42.7 Å². The van der Waals surface area contributed by atoms with Crippen LogP contribution < -0.4 is 0 Å². The molecule has 306 valence electrons. The van der Waals surface area contributed by atoms with E-state index in [0.29, 0.717) is 19.3 Å². The van der Waals surface area contributed by atoms with Crippen molar-refractivity contribution in [1.29, 1.82) is 0 Å². The number of allylic oxidation sites excluding steroid dienone is 2. The minimum absolute atomic E-state index is 0.0547. The first-order valence-electron chi connectivity index (χ1n) is 21.7. The standard InChI is InChI=1S/C44H83NO7/c1-6-8-10-12-14-15-16-17-18-19-20-21-22-23-24-25-26-27-29-31-33-35-43(47)52-40(38-50-37-36-41(44(48)49)45(3,4)5)39-51-42(46)34-32-30-28-13-11-9-7-2/h28,30,40-41H,6-27,29,31-39H2,1-5H3/p+1/b30-28+. The smallest absolute Gasteiger partial charge is 0.362 e. The number of likely N-dealkylation sites (N-methyl/N-ethyl adjacent to an activating group) is 1. The summed E-state index contributed by atoms with van der Waals surface area (Å²) in [5.74, 6) is -1.52. The Morgan fingerprint density at radius 1 is 0.558 bits per heavy atom. The highest BCUT2D eigenvalue weighted by Gasteiger charge is 2.31. The van der Waals surface area contributed by atoms with Crippen molar-refractivity contribution in [3.63, 3.8) is 0 Å². The summed E-state index contributed by atoms with van der Waals surface area (Å²) in [5.41, 5.74) is 0. The van der Waals surface area contributed by atoms with E-state index >= 15 is 0 Å². The number of unbranched alkanes of at least 4 members (excludes halogenated alkanes) is 23. The fourth-order valence-corrected chi connectivity index (χ4v) is 6.52. The number of carboxylic acids is 1. The average Bonchev–Trinajstić information content (AvgIpc) is 3.09. The molecule has 0 spiro atoms. The lowest BCUT2D eigenvalue weighted by atomic mass is 10.0. The van der Waals surface area contributed by atoms with E-state index in [1.807, 2.05) is 27.2 Å². The van der Waals surface area contributed by atoms with Crippen LogP contribution in [0.1, 0.15) is 200 Å². The largest absolute Gasteiger partial charge is 0.477 e. The highest BCUT2D eigenvalue weighted by atomic mass is 16.6. The molecule has 0 rings (SSSR count). The second kappa shape index (κ2) is 36.1. The van der Waals surface area contributed by atoms with Crippen molar-refractivity contribution in [2.75, 3.05) is 41.0 Å². The molecule has 0 aromatic heterocycles. The van der Waals surface area contributed by atoms with Gasteiger partial charge in [0.1, 0.15) is 6.61 Å². The molecule has 1 N–H and O–H groups in total. The number of aliphatic carboxylic acids is 1. The van der Waals surface area contributed by atoms with Crippen LogP contribution in [0.25, 0.3) is 0 Å². The lowest BCUT2D eigenvalue weighted by Crippen LogP contribution is -2.50. The summed E-state index contributed by atoms with van der Waals surface area (Å²) in [6, 6.07) is -0.613. The number of carbonyl (C=O) groups excluding carboxylic acids is 2. The van der Waals surface area contributed by atoms with E-state index in [0.717, 1.165) is 32.1 Å². The van der Waals surface area contributed by atoms with Crippen molar-refractivity contribution < 1.29 is 38.2 Å². The van der Waals surface area contributed by atoms with Crippen LogP contribution in [-0.2, 0) is 28.6 Å². The van der Waals surface area contributed by atoms with E-state index in [2.05, 4.69) is 19.9 Å². The van der Waals surface area contributed by atoms with Gasteiger partial charge in [0.2, 0.25) is 0 Å². The number of rotatable bonds is 39. The highest BCUT2D eigenvalue weighted by molar-refractivity contribution is 5.72. The summed E-state index contributed by atoms with van der Waals surface area (Å²) in [6.45, 7) is 4.65. The number of nitrogens with zero attached hydrogens (tertiary/aromatic N) is 1. The Balaban J connectivity index is 4.15. The van der Waals surface area contributed by atoms with Gasteiger partial charge in [-0.15, -0.1) is 0 Å². The fraction of sp³-hybridized carbons (Fsp3) is 0.886. The Morgan fingerprint density at radius 3 is 1.46 bits per heavy atom. The van der Waals surface area contributed by atoms with Gasteiger partial charge in [-0.2, -0.15) is 0 Å². The van der Waals surface area contributed by atoms with Gasteiger partial charge in [-0.05, 0) is 25.7 Å². The number of carboxylic acid groups (broad SMARTS) is 1. The summed E-state index contributed by atoms with van der Waals surface area (Å²) < 4.78 is 17.1. The molecule has 8 nitrogen and oxygen atoms in total. The molecular formula is C44H84NO7+. The van der Waals surface area contributed by atoms with E-state index < -0.39 is 18.1 Å². The zero-order chi connectivity index (χ0) is 38.5. The van der Waals surface area contributed by atoms with Crippen molar-refractivity contribution >= 4 is 17.9 Å². The monoisotopic (exact) mass is 739 g/mol. The predicted octanol–water partition coefficient (Wildman–Crippen LogP) is 11.5. The minimum Gasteiger partial charge on any atom is -0.477 e. The maximum atomic E-state index is 12.7. The van der Waals surface area contributed by atoms with Gasteiger partial charge >= 0.3 is 17.9 Å². The molecule has 0 aromatic carbocycles. The molecule has 0 saturated heterocycles. The highest BCUT2D eigenvalue weighted by Crippen LogP contribution is 2.16. The lowest BCUT2D eigenvalue weighted by molar-refractivity contribution is -0.887. The average molecular weight is 739 g/mol. The first-order valence-corrected chi connectivity index (χ1v) is 21.7. The number of carbonyl (C=O) groups is 3.